The number of aromatic amines is 1. The van der Waals surface area contributed by atoms with E-state index in [-0.39, 0.29) is 5.88 Å². The molecule has 0 spiro atoms. The van der Waals surface area contributed by atoms with Crippen LogP contribution in [0.5, 0.6) is 5.88 Å². The van der Waals surface area contributed by atoms with E-state index >= 15 is 0 Å². The quantitative estimate of drug-likeness (QED) is 0.618. The van der Waals surface area contributed by atoms with Gasteiger partial charge >= 0.3 is 6.03 Å². The number of hydrogen-bond acceptors (Lipinski definition) is 3. The van der Waals surface area contributed by atoms with Crippen LogP contribution in [-0.2, 0) is 0 Å². The van der Waals surface area contributed by atoms with Crippen LogP contribution in [0.25, 0.3) is 10.8 Å². The lowest BCUT2D eigenvalue weighted by molar-refractivity contribution is 0.255. The first-order valence-corrected chi connectivity index (χ1v) is 4.19. The molecular formula is C9H8N4O2. The number of fused-ring (bicyclic) bond motifs is 1. The number of aromatic hydroxyl groups is 1. The molecular weight excluding hydrogens is 196 g/mol. The summed E-state index contributed by atoms with van der Waals surface area (Å²) in [5.74, 6) is 0.297. The van der Waals surface area contributed by atoms with Gasteiger partial charge in [-0.15, -0.1) is 5.11 Å². The molecule has 15 heavy (non-hydrogen) atoms. The fourth-order valence-electron chi connectivity index (χ4n) is 1.32. The molecule has 0 aliphatic heterocycles. The van der Waals surface area contributed by atoms with Crippen LogP contribution in [0.3, 0.4) is 0 Å². The fourth-order valence-corrected chi connectivity index (χ4v) is 1.32. The highest BCUT2D eigenvalue weighted by Crippen LogP contribution is 2.32. The van der Waals surface area contributed by atoms with Crippen LogP contribution in [-0.4, -0.2) is 16.1 Å². The van der Waals surface area contributed by atoms with Crippen molar-refractivity contribution in [2.75, 3.05) is 0 Å². The smallest absolute Gasteiger partial charge is 0.357 e. The summed E-state index contributed by atoms with van der Waals surface area (Å²) in [7, 11) is 0. The number of primary amides is 1. The van der Waals surface area contributed by atoms with Crippen LogP contribution >= 0.6 is 0 Å². The topological polar surface area (TPSA) is 104 Å². The lowest BCUT2D eigenvalue weighted by atomic mass is 10.2. The van der Waals surface area contributed by atoms with Gasteiger partial charge in [-0.05, 0) is 6.07 Å². The maximum atomic E-state index is 10.4. The second-order valence-electron chi connectivity index (χ2n) is 2.91. The number of hydrogen-bond donors (Lipinski definition) is 3. The number of nitrogens with one attached hydrogen (secondary N) is 1. The van der Waals surface area contributed by atoms with Crippen molar-refractivity contribution < 1.29 is 9.90 Å². The summed E-state index contributed by atoms with van der Waals surface area (Å²) in [6.45, 7) is 0. The van der Waals surface area contributed by atoms with Gasteiger partial charge in [-0.1, -0.05) is 23.3 Å². The predicted molar refractivity (Wildman–Crippen MR) is 54.1 cm³/mol. The van der Waals surface area contributed by atoms with E-state index in [4.69, 9.17) is 5.73 Å². The number of aromatic nitrogens is 1. The highest BCUT2D eigenvalue weighted by molar-refractivity contribution is 5.96. The first-order valence-electron chi connectivity index (χ1n) is 4.19. The molecule has 0 saturated carbocycles. The lowest BCUT2D eigenvalue weighted by Gasteiger charge is -1.88. The third kappa shape index (κ3) is 1.64. The molecule has 76 valence electrons. The molecule has 2 amide bonds. The zero-order valence-electron chi connectivity index (χ0n) is 7.64. The summed E-state index contributed by atoms with van der Waals surface area (Å²) in [6, 6.07) is 6.17. The summed E-state index contributed by atoms with van der Waals surface area (Å²) >= 11 is 0. The minimum atomic E-state index is -0.881. The average molecular weight is 204 g/mol. The first-order chi connectivity index (χ1) is 7.18. The van der Waals surface area contributed by atoms with Gasteiger partial charge in [-0.3, -0.25) is 0 Å². The number of carbonyl (C=O) groups excluding carboxylic acids is 1. The number of H-pyrrole nitrogens is 1. The third-order valence-corrected chi connectivity index (χ3v) is 1.92. The van der Waals surface area contributed by atoms with Gasteiger partial charge in [0.25, 0.3) is 0 Å². The second-order valence-corrected chi connectivity index (χ2v) is 2.91. The van der Waals surface area contributed by atoms with Crippen molar-refractivity contribution in [3.8, 4) is 5.88 Å². The zero-order chi connectivity index (χ0) is 10.8. The molecule has 1 aromatic heterocycles. The standard InChI is InChI=1S/C9H8N4O2/c10-9(15)13-12-7-5-3-1-2-4-6(5)8(14)11-7/h1-4,11,14H,(H2,10,15)/b13-12+. The molecule has 2 aromatic rings. The van der Waals surface area contributed by atoms with Crippen LogP contribution in [0.1, 0.15) is 0 Å². The van der Waals surface area contributed by atoms with Gasteiger partial charge in [0, 0.05) is 10.8 Å². The second kappa shape index (κ2) is 3.41. The van der Waals surface area contributed by atoms with E-state index < -0.39 is 6.03 Å². The van der Waals surface area contributed by atoms with Crippen molar-refractivity contribution in [1.29, 1.82) is 0 Å². The molecule has 0 aliphatic carbocycles. The van der Waals surface area contributed by atoms with E-state index in [2.05, 4.69) is 15.2 Å². The molecule has 0 atom stereocenters. The molecule has 4 N–H and O–H groups in total. The maximum absolute atomic E-state index is 10.4. The number of azo groups is 1. The van der Waals surface area contributed by atoms with Crippen molar-refractivity contribution in [3.63, 3.8) is 0 Å². The van der Waals surface area contributed by atoms with Crippen molar-refractivity contribution >= 4 is 22.6 Å². The Morgan fingerprint density at radius 1 is 1.33 bits per heavy atom. The van der Waals surface area contributed by atoms with E-state index in [1.54, 1.807) is 24.3 Å². The number of nitrogens with zero attached hydrogens (tertiary/aromatic N) is 2. The molecule has 6 nitrogen and oxygen atoms in total. The molecule has 1 heterocycles. The van der Waals surface area contributed by atoms with Crippen LogP contribution in [0, 0.1) is 0 Å². The van der Waals surface area contributed by atoms with Crippen molar-refractivity contribution in [1.82, 2.24) is 4.98 Å². The summed E-state index contributed by atoms with van der Waals surface area (Å²) < 4.78 is 0. The Hall–Kier alpha value is -2.37. The first kappa shape index (κ1) is 9.20. The Morgan fingerprint density at radius 2 is 2.00 bits per heavy atom. The number of nitrogens with two attached hydrogens (primary N) is 1. The van der Waals surface area contributed by atoms with Crippen molar-refractivity contribution in [2.45, 2.75) is 0 Å². The van der Waals surface area contributed by atoms with Gasteiger partial charge < -0.3 is 15.8 Å². The highest BCUT2D eigenvalue weighted by atomic mass is 16.3. The van der Waals surface area contributed by atoms with Gasteiger partial charge in [-0.2, -0.15) is 0 Å². The predicted octanol–water partition coefficient (Wildman–Crippen LogP) is 2.04. The Labute approximate surface area is 84.4 Å². The summed E-state index contributed by atoms with van der Waals surface area (Å²) in [6.07, 6.45) is 0. The maximum Gasteiger partial charge on any atom is 0.357 e. The monoisotopic (exact) mass is 204 g/mol. The Bertz CT molecular complexity index is 544. The number of urea groups is 1. The van der Waals surface area contributed by atoms with Gasteiger partial charge in [0.05, 0.1) is 0 Å². The molecule has 0 aliphatic rings. The highest BCUT2D eigenvalue weighted by Gasteiger charge is 2.07. The average Bonchev–Trinajstić information content (AvgIpc) is 2.54. The number of carbonyl (C=O) groups is 1. The third-order valence-electron chi connectivity index (χ3n) is 1.92. The van der Waals surface area contributed by atoms with Crippen LogP contribution < -0.4 is 5.73 Å². The number of benzene rings is 1. The van der Waals surface area contributed by atoms with Gasteiger partial charge in [0.15, 0.2) is 11.7 Å². The molecule has 1 aromatic carbocycles. The molecule has 6 heteroatoms. The molecule has 0 saturated heterocycles. The van der Waals surface area contributed by atoms with E-state index in [0.29, 0.717) is 16.6 Å². The number of amides is 2. The van der Waals surface area contributed by atoms with Crippen LogP contribution in [0.15, 0.2) is 34.5 Å². The summed E-state index contributed by atoms with van der Waals surface area (Å²) in [5.41, 5.74) is 4.82. The van der Waals surface area contributed by atoms with E-state index in [1.807, 2.05) is 0 Å². The van der Waals surface area contributed by atoms with E-state index in [0.717, 1.165) is 0 Å². The summed E-state index contributed by atoms with van der Waals surface area (Å²) in [5, 5.41) is 17.6. The van der Waals surface area contributed by atoms with E-state index in [1.165, 1.54) is 0 Å². The van der Waals surface area contributed by atoms with E-state index in [9.17, 15) is 9.90 Å². The molecule has 0 fully saturated rings. The largest absolute Gasteiger partial charge is 0.494 e. The minimum absolute atomic E-state index is 0.0102. The van der Waals surface area contributed by atoms with Crippen LogP contribution in [0.2, 0.25) is 0 Å². The number of rotatable bonds is 1. The Kier molecular flexibility index (Phi) is 2.09. The Morgan fingerprint density at radius 3 is 2.67 bits per heavy atom. The SMILES string of the molecule is NC(=O)/N=N/c1[nH]c(O)c2ccccc12. The molecule has 2 rings (SSSR count). The molecule has 0 unspecified atom stereocenters. The fraction of sp³-hybridized carbons (Fsp3) is 0. The zero-order valence-corrected chi connectivity index (χ0v) is 7.64. The Balaban J connectivity index is 2.57. The van der Waals surface area contributed by atoms with Crippen LogP contribution in [0.4, 0.5) is 10.6 Å². The van der Waals surface area contributed by atoms with Gasteiger partial charge in [0.2, 0.25) is 0 Å². The minimum Gasteiger partial charge on any atom is -0.494 e. The summed E-state index contributed by atoms with van der Waals surface area (Å²) in [4.78, 5) is 13.0. The van der Waals surface area contributed by atoms with Gasteiger partial charge in [0.1, 0.15) is 0 Å². The van der Waals surface area contributed by atoms with Crippen molar-refractivity contribution in [2.24, 2.45) is 16.0 Å². The van der Waals surface area contributed by atoms with Crippen molar-refractivity contribution in [3.05, 3.63) is 24.3 Å². The molecule has 0 bridgehead atoms. The normalized spacial score (nSPS) is 11.2. The molecule has 0 radical (unpaired) electrons. The van der Waals surface area contributed by atoms with Gasteiger partial charge in [-0.25, -0.2) is 4.79 Å². The lowest BCUT2D eigenvalue weighted by Crippen LogP contribution is -2.01.